The molecule has 1 aromatic rings. The first kappa shape index (κ1) is 13.2. The Balaban J connectivity index is 2.72. The van der Waals surface area contributed by atoms with E-state index in [1.807, 2.05) is 20.8 Å². The number of rotatable bonds is 2. The highest BCUT2D eigenvalue weighted by Gasteiger charge is 2.20. The van der Waals surface area contributed by atoms with E-state index in [1.165, 1.54) is 12.1 Å². The Hall–Kier alpha value is -1.89. The van der Waals surface area contributed by atoms with Crippen LogP contribution in [0.25, 0.3) is 0 Å². The van der Waals surface area contributed by atoms with Crippen molar-refractivity contribution >= 4 is 5.91 Å². The summed E-state index contributed by atoms with van der Waals surface area (Å²) in [5.74, 6) is -0.626. The molecule has 3 nitrogen and oxygen atoms in total. The number of amides is 1. The number of nitrogens with one attached hydrogen (secondary N) is 1. The summed E-state index contributed by atoms with van der Waals surface area (Å²) >= 11 is 0. The monoisotopic (exact) mass is 234 g/mol. The van der Waals surface area contributed by atoms with Gasteiger partial charge in [0.05, 0.1) is 5.56 Å². The lowest BCUT2D eigenvalue weighted by atomic mass is 9.95. The van der Waals surface area contributed by atoms with E-state index in [2.05, 4.69) is 5.32 Å². The molecule has 0 saturated carbocycles. The lowest BCUT2D eigenvalue weighted by Gasteiger charge is -2.17. The first-order chi connectivity index (χ1) is 7.84. The standard InChI is InChI=1S/C13H15FN2O/c1-13(2,3)12(17)16-8-9-4-5-11(14)10(6-9)7-15/h4-6H,8H2,1-3H3,(H,16,17). The molecule has 0 aromatic heterocycles. The molecule has 0 aliphatic heterocycles. The van der Waals surface area contributed by atoms with Crippen molar-refractivity contribution in [2.45, 2.75) is 27.3 Å². The van der Waals surface area contributed by atoms with E-state index in [9.17, 15) is 9.18 Å². The zero-order valence-corrected chi connectivity index (χ0v) is 10.2. The molecule has 0 saturated heterocycles. The number of hydrogen-bond acceptors (Lipinski definition) is 2. The molecule has 1 rings (SSSR count). The number of nitrogens with zero attached hydrogens (tertiary/aromatic N) is 1. The van der Waals surface area contributed by atoms with E-state index in [0.717, 1.165) is 0 Å². The van der Waals surface area contributed by atoms with Crippen molar-refractivity contribution in [2.75, 3.05) is 0 Å². The molecule has 17 heavy (non-hydrogen) atoms. The second kappa shape index (κ2) is 4.96. The third-order valence-corrected chi connectivity index (χ3v) is 2.29. The van der Waals surface area contributed by atoms with Crippen molar-refractivity contribution in [2.24, 2.45) is 5.41 Å². The number of nitriles is 1. The molecule has 90 valence electrons. The Morgan fingerprint density at radius 1 is 1.47 bits per heavy atom. The van der Waals surface area contributed by atoms with Gasteiger partial charge in [-0.05, 0) is 17.7 Å². The van der Waals surface area contributed by atoms with Crippen molar-refractivity contribution in [1.29, 1.82) is 5.26 Å². The second-order valence-corrected chi connectivity index (χ2v) is 4.86. The first-order valence-electron chi connectivity index (χ1n) is 5.31. The van der Waals surface area contributed by atoms with Gasteiger partial charge in [-0.15, -0.1) is 0 Å². The summed E-state index contributed by atoms with van der Waals surface area (Å²) in [6.45, 7) is 5.74. The number of hydrogen-bond donors (Lipinski definition) is 1. The summed E-state index contributed by atoms with van der Waals surface area (Å²) < 4.78 is 13.0. The quantitative estimate of drug-likeness (QED) is 0.854. The van der Waals surface area contributed by atoms with Crippen LogP contribution in [0.1, 0.15) is 31.9 Å². The molecule has 0 spiro atoms. The number of halogens is 1. The zero-order chi connectivity index (χ0) is 13.1. The summed E-state index contributed by atoms with van der Waals surface area (Å²) in [7, 11) is 0. The van der Waals surface area contributed by atoms with Gasteiger partial charge in [0.2, 0.25) is 5.91 Å². The minimum Gasteiger partial charge on any atom is -0.352 e. The molecule has 1 aromatic carbocycles. The van der Waals surface area contributed by atoms with Gasteiger partial charge in [-0.3, -0.25) is 4.79 Å². The predicted octanol–water partition coefficient (Wildman–Crippen LogP) is 2.36. The minimum atomic E-state index is -0.543. The highest BCUT2D eigenvalue weighted by Crippen LogP contribution is 2.14. The molecular formula is C13H15FN2O. The molecular weight excluding hydrogens is 219 g/mol. The summed E-state index contributed by atoms with van der Waals surface area (Å²) in [6.07, 6.45) is 0. The third kappa shape index (κ3) is 3.56. The highest BCUT2D eigenvalue weighted by atomic mass is 19.1. The lowest BCUT2D eigenvalue weighted by Crippen LogP contribution is -2.34. The van der Waals surface area contributed by atoms with Gasteiger partial charge < -0.3 is 5.32 Å². The average molecular weight is 234 g/mol. The molecule has 0 radical (unpaired) electrons. The molecule has 0 heterocycles. The van der Waals surface area contributed by atoms with Crippen LogP contribution in [0.15, 0.2) is 18.2 Å². The van der Waals surface area contributed by atoms with Crippen molar-refractivity contribution < 1.29 is 9.18 Å². The van der Waals surface area contributed by atoms with Gasteiger partial charge in [0.25, 0.3) is 0 Å². The van der Waals surface area contributed by atoms with Gasteiger partial charge in [0, 0.05) is 12.0 Å². The van der Waals surface area contributed by atoms with Gasteiger partial charge >= 0.3 is 0 Å². The van der Waals surface area contributed by atoms with Crippen molar-refractivity contribution in [3.8, 4) is 6.07 Å². The Labute approximate surface area is 100 Å². The van der Waals surface area contributed by atoms with E-state index < -0.39 is 11.2 Å². The second-order valence-electron chi connectivity index (χ2n) is 4.86. The Morgan fingerprint density at radius 2 is 2.12 bits per heavy atom. The van der Waals surface area contributed by atoms with Crippen LogP contribution >= 0.6 is 0 Å². The summed E-state index contributed by atoms with van der Waals surface area (Å²) in [6, 6.07) is 6.00. The van der Waals surface area contributed by atoms with E-state index in [0.29, 0.717) is 12.1 Å². The maximum Gasteiger partial charge on any atom is 0.225 e. The molecule has 1 amide bonds. The minimum absolute atomic E-state index is 0.00694. The highest BCUT2D eigenvalue weighted by molar-refractivity contribution is 5.81. The van der Waals surface area contributed by atoms with E-state index in [4.69, 9.17) is 5.26 Å². The normalized spacial score (nSPS) is 10.8. The van der Waals surface area contributed by atoms with E-state index in [-0.39, 0.29) is 11.5 Å². The molecule has 0 atom stereocenters. The maximum atomic E-state index is 13.0. The molecule has 1 N–H and O–H groups in total. The van der Waals surface area contributed by atoms with Crippen LogP contribution in [-0.4, -0.2) is 5.91 Å². The topological polar surface area (TPSA) is 52.9 Å². The largest absolute Gasteiger partial charge is 0.352 e. The zero-order valence-electron chi connectivity index (χ0n) is 10.2. The smallest absolute Gasteiger partial charge is 0.225 e. The Morgan fingerprint density at radius 3 is 2.65 bits per heavy atom. The predicted molar refractivity (Wildman–Crippen MR) is 62.4 cm³/mol. The SMILES string of the molecule is CC(C)(C)C(=O)NCc1ccc(F)c(C#N)c1. The summed E-state index contributed by atoms with van der Waals surface area (Å²) in [5, 5.41) is 11.4. The summed E-state index contributed by atoms with van der Waals surface area (Å²) in [4.78, 5) is 11.6. The average Bonchev–Trinajstić information content (AvgIpc) is 2.26. The lowest BCUT2D eigenvalue weighted by molar-refractivity contribution is -0.128. The molecule has 0 aliphatic rings. The van der Waals surface area contributed by atoms with E-state index in [1.54, 1.807) is 12.1 Å². The molecule has 0 aliphatic carbocycles. The molecule has 0 fully saturated rings. The number of carbonyl (C=O) groups is 1. The first-order valence-corrected chi connectivity index (χ1v) is 5.31. The van der Waals surface area contributed by atoms with Crippen molar-refractivity contribution in [3.05, 3.63) is 35.1 Å². The van der Waals surface area contributed by atoms with Crippen LogP contribution in [0, 0.1) is 22.6 Å². The summed E-state index contributed by atoms with van der Waals surface area (Å²) in [5.41, 5.74) is 0.242. The Bertz CT molecular complexity index is 469. The van der Waals surface area contributed by atoms with E-state index >= 15 is 0 Å². The van der Waals surface area contributed by atoms with Crippen LogP contribution in [0.4, 0.5) is 4.39 Å². The van der Waals surface area contributed by atoms with Crippen LogP contribution in [-0.2, 0) is 11.3 Å². The van der Waals surface area contributed by atoms with Crippen molar-refractivity contribution in [1.82, 2.24) is 5.32 Å². The van der Waals surface area contributed by atoms with Gasteiger partial charge in [-0.25, -0.2) is 4.39 Å². The van der Waals surface area contributed by atoms with Gasteiger partial charge in [0.15, 0.2) is 0 Å². The fraction of sp³-hybridized carbons (Fsp3) is 0.385. The van der Waals surface area contributed by atoms with Crippen molar-refractivity contribution in [3.63, 3.8) is 0 Å². The van der Waals surface area contributed by atoms with Gasteiger partial charge in [0.1, 0.15) is 11.9 Å². The fourth-order valence-electron chi connectivity index (χ4n) is 1.22. The molecule has 0 bridgehead atoms. The van der Waals surface area contributed by atoms with Crippen LogP contribution in [0.5, 0.6) is 0 Å². The van der Waals surface area contributed by atoms with Gasteiger partial charge in [-0.1, -0.05) is 26.8 Å². The number of benzene rings is 1. The van der Waals surface area contributed by atoms with Crippen LogP contribution < -0.4 is 5.32 Å². The number of carbonyl (C=O) groups excluding carboxylic acids is 1. The van der Waals surface area contributed by atoms with Crippen LogP contribution in [0.3, 0.4) is 0 Å². The third-order valence-electron chi connectivity index (χ3n) is 2.29. The van der Waals surface area contributed by atoms with Crippen LogP contribution in [0.2, 0.25) is 0 Å². The molecule has 0 unspecified atom stereocenters. The molecule has 4 heteroatoms. The Kier molecular flexibility index (Phi) is 3.84. The van der Waals surface area contributed by atoms with Gasteiger partial charge in [-0.2, -0.15) is 5.26 Å². The fourth-order valence-corrected chi connectivity index (χ4v) is 1.22. The maximum absolute atomic E-state index is 13.0.